The van der Waals surface area contributed by atoms with Gasteiger partial charge in [-0.2, -0.15) is 0 Å². The summed E-state index contributed by atoms with van der Waals surface area (Å²) in [6, 6.07) is 7.09. The first-order valence-electron chi connectivity index (χ1n) is 6.00. The molecule has 0 unspecified atom stereocenters. The molecule has 1 rings (SSSR count). The molecule has 0 radical (unpaired) electrons. The van der Waals surface area contributed by atoms with Crippen LogP contribution in [0.5, 0.6) is 0 Å². The summed E-state index contributed by atoms with van der Waals surface area (Å²) in [5, 5.41) is 5.75. The predicted molar refractivity (Wildman–Crippen MR) is 70.0 cm³/mol. The van der Waals surface area contributed by atoms with Crippen LogP contribution >= 0.6 is 0 Å². The highest BCUT2D eigenvalue weighted by atomic mass is 16.2. The molecule has 0 aliphatic rings. The summed E-state index contributed by atoms with van der Waals surface area (Å²) >= 11 is 0. The molecule has 1 aromatic carbocycles. The van der Waals surface area contributed by atoms with Gasteiger partial charge >= 0.3 is 0 Å². The summed E-state index contributed by atoms with van der Waals surface area (Å²) in [7, 11) is 0. The van der Waals surface area contributed by atoms with Crippen molar-refractivity contribution in [3.8, 4) is 0 Å². The summed E-state index contributed by atoms with van der Waals surface area (Å²) in [6.45, 7) is 3.35. The highest BCUT2D eigenvalue weighted by Crippen LogP contribution is 2.07. The second kappa shape index (κ2) is 7.45. The van der Waals surface area contributed by atoms with Crippen molar-refractivity contribution < 1.29 is 9.59 Å². The molecule has 4 N–H and O–H groups in total. The molecule has 5 heteroatoms. The third-order valence-electron chi connectivity index (χ3n) is 2.46. The van der Waals surface area contributed by atoms with Gasteiger partial charge in [-0.3, -0.25) is 9.59 Å². The third kappa shape index (κ3) is 4.55. The zero-order valence-corrected chi connectivity index (χ0v) is 10.5. The van der Waals surface area contributed by atoms with E-state index in [2.05, 4.69) is 10.6 Å². The minimum absolute atomic E-state index is 0.0478. The van der Waals surface area contributed by atoms with E-state index in [0.717, 1.165) is 12.0 Å². The van der Waals surface area contributed by atoms with Crippen LogP contribution in [0, 0.1) is 0 Å². The molecule has 0 spiro atoms. The van der Waals surface area contributed by atoms with Gasteiger partial charge in [0.05, 0.1) is 6.54 Å². The average Bonchev–Trinajstić information content (AvgIpc) is 2.36. The maximum Gasteiger partial charge on any atom is 0.249 e. The first-order chi connectivity index (χ1) is 8.65. The molecule has 2 amide bonds. The van der Waals surface area contributed by atoms with E-state index in [4.69, 9.17) is 5.73 Å². The van der Waals surface area contributed by atoms with Gasteiger partial charge in [-0.25, -0.2) is 0 Å². The van der Waals surface area contributed by atoms with Crippen molar-refractivity contribution in [1.29, 1.82) is 0 Å². The van der Waals surface area contributed by atoms with E-state index in [1.807, 2.05) is 19.1 Å². The van der Waals surface area contributed by atoms with Crippen LogP contribution in [-0.4, -0.2) is 24.9 Å². The quantitative estimate of drug-likeness (QED) is 0.654. The fraction of sp³-hybridized carbons (Fsp3) is 0.385. The smallest absolute Gasteiger partial charge is 0.249 e. The Labute approximate surface area is 107 Å². The Hall–Kier alpha value is -1.88. The Morgan fingerprint density at radius 3 is 2.67 bits per heavy atom. The third-order valence-corrected chi connectivity index (χ3v) is 2.46. The number of carbonyl (C=O) groups excluding carboxylic acids is 2. The molecule has 0 aromatic heterocycles. The number of amides is 2. The summed E-state index contributed by atoms with van der Waals surface area (Å²) in [5.74, 6) is -0.503. The first kappa shape index (κ1) is 14.2. The Balaban J connectivity index is 2.44. The SMILES string of the molecule is CCCNC(=O)CNCc1ccccc1C(N)=O. The van der Waals surface area contributed by atoms with Gasteiger partial charge in [0.25, 0.3) is 0 Å². The minimum Gasteiger partial charge on any atom is -0.366 e. The molecule has 98 valence electrons. The largest absolute Gasteiger partial charge is 0.366 e. The summed E-state index contributed by atoms with van der Waals surface area (Å²) < 4.78 is 0. The Morgan fingerprint density at radius 2 is 2.00 bits per heavy atom. The molecule has 0 heterocycles. The van der Waals surface area contributed by atoms with E-state index in [-0.39, 0.29) is 12.5 Å². The molecule has 0 fully saturated rings. The number of hydrogen-bond acceptors (Lipinski definition) is 3. The zero-order chi connectivity index (χ0) is 13.4. The second-order valence-electron chi connectivity index (χ2n) is 3.97. The number of primary amides is 1. The van der Waals surface area contributed by atoms with Gasteiger partial charge < -0.3 is 16.4 Å². The van der Waals surface area contributed by atoms with E-state index in [1.54, 1.807) is 12.1 Å². The lowest BCUT2D eigenvalue weighted by Gasteiger charge is -2.08. The van der Waals surface area contributed by atoms with E-state index in [9.17, 15) is 9.59 Å². The topological polar surface area (TPSA) is 84.2 Å². The van der Waals surface area contributed by atoms with Crippen LogP contribution < -0.4 is 16.4 Å². The van der Waals surface area contributed by atoms with E-state index < -0.39 is 5.91 Å². The van der Waals surface area contributed by atoms with Gasteiger partial charge in [0.2, 0.25) is 11.8 Å². The molecule has 0 saturated heterocycles. The van der Waals surface area contributed by atoms with Crippen LogP contribution in [0.3, 0.4) is 0 Å². The lowest BCUT2D eigenvalue weighted by atomic mass is 10.1. The predicted octanol–water partition coefficient (Wildman–Crippen LogP) is 0.401. The molecule has 1 aromatic rings. The van der Waals surface area contributed by atoms with Crippen LogP contribution in [0.2, 0.25) is 0 Å². The fourth-order valence-electron chi connectivity index (χ4n) is 1.55. The molecule has 5 nitrogen and oxygen atoms in total. The molecular formula is C13H19N3O2. The van der Waals surface area contributed by atoms with E-state index >= 15 is 0 Å². The summed E-state index contributed by atoms with van der Waals surface area (Å²) in [5.41, 5.74) is 6.55. The second-order valence-corrected chi connectivity index (χ2v) is 3.97. The molecule has 0 aliphatic carbocycles. The van der Waals surface area contributed by atoms with Gasteiger partial charge in [-0.15, -0.1) is 0 Å². The Kier molecular flexibility index (Phi) is 5.87. The van der Waals surface area contributed by atoms with Crippen molar-refractivity contribution in [3.63, 3.8) is 0 Å². The lowest BCUT2D eigenvalue weighted by Crippen LogP contribution is -2.34. The van der Waals surface area contributed by atoms with Gasteiger partial charge in [0.1, 0.15) is 0 Å². The summed E-state index contributed by atoms with van der Waals surface area (Å²) in [6.07, 6.45) is 0.913. The lowest BCUT2D eigenvalue weighted by molar-refractivity contribution is -0.120. The fourth-order valence-corrected chi connectivity index (χ4v) is 1.55. The first-order valence-corrected chi connectivity index (χ1v) is 6.00. The van der Waals surface area contributed by atoms with Crippen molar-refractivity contribution >= 4 is 11.8 Å². The average molecular weight is 249 g/mol. The van der Waals surface area contributed by atoms with Gasteiger partial charge in [0.15, 0.2) is 0 Å². The highest BCUT2D eigenvalue weighted by Gasteiger charge is 2.07. The minimum atomic E-state index is -0.456. The number of rotatable bonds is 7. The Bertz CT molecular complexity index is 418. The van der Waals surface area contributed by atoms with Crippen LogP contribution in [0.1, 0.15) is 29.3 Å². The monoisotopic (exact) mass is 249 g/mol. The van der Waals surface area contributed by atoms with Crippen LogP contribution in [-0.2, 0) is 11.3 Å². The van der Waals surface area contributed by atoms with Crippen molar-refractivity contribution in [3.05, 3.63) is 35.4 Å². The number of hydrogen-bond donors (Lipinski definition) is 3. The number of nitrogens with one attached hydrogen (secondary N) is 2. The molecule has 0 aliphatic heterocycles. The molecular weight excluding hydrogens is 230 g/mol. The standard InChI is InChI=1S/C13H19N3O2/c1-2-7-16-12(17)9-15-8-10-5-3-4-6-11(10)13(14)18/h3-6,15H,2,7-9H2,1H3,(H2,14,18)(H,16,17). The van der Waals surface area contributed by atoms with Crippen molar-refractivity contribution in [2.24, 2.45) is 5.73 Å². The van der Waals surface area contributed by atoms with Crippen LogP contribution in [0.15, 0.2) is 24.3 Å². The molecule has 0 bridgehead atoms. The normalized spacial score (nSPS) is 10.1. The number of benzene rings is 1. The maximum atomic E-state index is 11.3. The van der Waals surface area contributed by atoms with E-state index in [0.29, 0.717) is 18.7 Å². The molecule has 0 atom stereocenters. The maximum absolute atomic E-state index is 11.3. The van der Waals surface area contributed by atoms with E-state index in [1.165, 1.54) is 0 Å². The molecule has 0 saturated carbocycles. The highest BCUT2D eigenvalue weighted by molar-refractivity contribution is 5.94. The van der Waals surface area contributed by atoms with Crippen LogP contribution in [0.25, 0.3) is 0 Å². The van der Waals surface area contributed by atoms with Gasteiger partial charge in [0, 0.05) is 18.7 Å². The van der Waals surface area contributed by atoms with Crippen molar-refractivity contribution in [2.75, 3.05) is 13.1 Å². The van der Waals surface area contributed by atoms with Crippen molar-refractivity contribution in [1.82, 2.24) is 10.6 Å². The summed E-state index contributed by atoms with van der Waals surface area (Å²) in [4.78, 5) is 22.5. The van der Waals surface area contributed by atoms with Gasteiger partial charge in [-0.1, -0.05) is 25.1 Å². The zero-order valence-electron chi connectivity index (χ0n) is 10.5. The molecule has 18 heavy (non-hydrogen) atoms. The number of nitrogens with two attached hydrogens (primary N) is 1. The van der Waals surface area contributed by atoms with Gasteiger partial charge in [-0.05, 0) is 18.1 Å². The van der Waals surface area contributed by atoms with Crippen LogP contribution in [0.4, 0.5) is 0 Å². The van der Waals surface area contributed by atoms with Crippen molar-refractivity contribution in [2.45, 2.75) is 19.9 Å². The Morgan fingerprint density at radius 1 is 1.28 bits per heavy atom. The number of carbonyl (C=O) groups is 2.